The minimum absolute atomic E-state index is 0.0529. The molecular formula is C18H14FNO4S. The second-order valence-corrected chi connectivity index (χ2v) is 8.17. The van der Waals surface area contributed by atoms with E-state index < -0.39 is 38.2 Å². The molecule has 0 aliphatic heterocycles. The maximum absolute atomic E-state index is 13.5. The predicted molar refractivity (Wildman–Crippen MR) is 87.0 cm³/mol. The first-order valence-corrected chi connectivity index (χ1v) is 9.00. The first kappa shape index (κ1) is 17.1. The highest BCUT2D eigenvalue weighted by molar-refractivity contribution is 7.92. The number of hydrogen-bond donors (Lipinski definition) is 1. The molecule has 5 nitrogen and oxygen atoms in total. The molecule has 0 radical (unpaired) electrons. The van der Waals surface area contributed by atoms with Crippen LogP contribution in [-0.2, 0) is 14.6 Å². The summed E-state index contributed by atoms with van der Waals surface area (Å²) >= 11 is 0. The van der Waals surface area contributed by atoms with Gasteiger partial charge >= 0.3 is 5.97 Å². The fourth-order valence-corrected chi connectivity index (χ4v) is 5.48. The summed E-state index contributed by atoms with van der Waals surface area (Å²) in [5.74, 6) is -3.27. The highest BCUT2D eigenvalue weighted by atomic mass is 32.2. The quantitative estimate of drug-likeness (QED) is 0.905. The van der Waals surface area contributed by atoms with Gasteiger partial charge in [-0.1, -0.05) is 29.8 Å². The average molecular weight is 359 g/mol. The number of nitriles is 1. The summed E-state index contributed by atoms with van der Waals surface area (Å²) < 4.78 is 39.4. The van der Waals surface area contributed by atoms with Crippen molar-refractivity contribution in [1.29, 1.82) is 5.26 Å². The molecule has 1 fully saturated rings. The minimum Gasteiger partial charge on any atom is -0.480 e. The third-order valence-electron chi connectivity index (χ3n) is 4.56. The molecule has 3 atom stereocenters. The largest absolute Gasteiger partial charge is 0.480 e. The van der Waals surface area contributed by atoms with Crippen LogP contribution in [0.25, 0.3) is 0 Å². The molecule has 0 spiro atoms. The second kappa shape index (κ2) is 5.67. The number of halogens is 1. The molecule has 1 N–H and O–H groups in total. The molecule has 0 unspecified atom stereocenters. The van der Waals surface area contributed by atoms with E-state index in [1.807, 2.05) is 0 Å². The number of sulfone groups is 1. The Morgan fingerprint density at radius 3 is 2.40 bits per heavy atom. The zero-order valence-corrected chi connectivity index (χ0v) is 14.0. The molecule has 3 rings (SSSR count). The van der Waals surface area contributed by atoms with Crippen LogP contribution in [0.2, 0.25) is 0 Å². The Kier molecular flexibility index (Phi) is 3.88. The third kappa shape index (κ3) is 2.50. The summed E-state index contributed by atoms with van der Waals surface area (Å²) in [6.45, 7) is 1.79. The molecule has 0 heterocycles. The number of carboxylic acid groups (broad SMARTS) is 1. The van der Waals surface area contributed by atoms with Crippen molar-refractivity contribution in [1.82, 2.24) is 0 Å². The number of carboxylic acids is 1. The third-order valence-corrected chi connectivity index (χ3v) is 6.81. The molecule has 2 aromatic carbocycles. The average Bonchev–Trinajstić information content (AvgIpc) is 3.27. The summed E-state index contributed by atoms with van der Waals surface area (Å²) in [7, 11) is -4.08. The van der Waals surface area contributed by atoms with Gasteiger partial charge in [-0.25, -0.2) is 12.8 Å². The Balaban J connectivity index is 2.14. The number of hydrogen-bond acceptors (Lipinski definition) is 4. The van der Waals surface area contributed by atoms with Gasteiger partial charge in [0.2, 0.25) is 0 Å². The van der Waals surface area contributed by atoms with Crippen LogP contribution in [0.1, 0.15) is 17.0 Å². The van der Waals surface area contributed by atoms with Crippen molar-refractivity contribution in [2.45, 2.75) is 23.0 Å². The molecule has 25 heavy (non-hydrogen) atoms. The van der Waals surface area contributed by atoms with Gasteiger partial charge in [0, 0.05) is 5.92 Å². The molecule has 1 aliphatic carbocycles. The molecule has 1 saturated carbocycles. The van der Waals surface area contributed by atoms with E-state index in [0.717, 1.165) is 11.6 Å². The molecular weight excluding hydrogens is 345 g/mol. The van der Waals surface area contributed by atoms with E-state index in [1.165, 1.54) is 30.3 Å². The molecule has 7 heteroatoms. The van der Waals surface area contributed by atoms with Gasteiger partial charge in [-0.15, -0.1) is 0 Å². The molecule has 2 aromatic rings. The summed E-state index contributed by atoms with van der Waals surface area (Å²) in [5, 5.41) is 17.5. The van der Waals surface area contributed by atoms with Crippen molar-refractivity contribution < 1.29 is 22.7 Å². The zero-order chi connectivity index (χ0) is 18.4. The Hall–Kier alpha value is -2.72. The minimum atomic E-state index is -4.08. The van der Waals surface area contributed by atoms with Crippen molar-refractivity contribution in [3.05, 3.63) is 65.5 Å². The highest BCUT2D eigenvalue weighted by Crippen LogP contribution is 2.64. The van der Waals surface area contributed by atoms with E-state index in [9.17, 15) is 28.0 Å². The number of rotatable bonds is 4. The van der Waals surface area contributed by atoms with E-state index in [1.54, 1.807) is 25.1 Å². The zero-order valence-electron chi connectivity index (χ0n) is 13.2. The van der Waals surface area contributed by atoms with Gasteiger partial charge in [0.15, 0.2) is 15.3 Å². The van der Waals surface area contributed by atoms with E-state index in [4.69, 9.17) is 0 Å². The Bertz CT molecular complexity index is 994. The number of aliphatic carboxylic acids is 1. The van der Waals surface area contributed by atoms with E-state index in [-0.39, 0.29) is 10.5 Å². The Labute approximate surface area is 144 Å². The van der Waals surface area contributed by atoms with Gasteiger partial charge in [0.05, 0.1) is 11.0 Å². The van der Waals surface area contributed by atoms with Crippen LogP contribution in [-0.4, -0.2) is 24.7 Å². The van der Waals surface area contributed by atoms with Gasteiger partial charge in [-0.05, 0) is 36.8 Å². The first-order chi connectivity index (χ1) is 11.7. The van der Waals surface area contributed by atoms with Crippen molar-refractivity contribution >= 4 is 15.8 Å². The van der Waals surface area contributed by atoms with Crippen LogP contribution in [0.4, 0.5) is 4.39 Å². The van der Waals surface area contributed by atoms with Gasteiger partial charge in [0.1, 0.15) is 11.1 Å². The summed E-state index contributed by atoms with van der Waals surface area (Å²) in [6.07, 6.45) is 0. The van der Waals surface area contributed by atoms with E-state index in [2.05, 4.69) is 0 Å². The van der Waals surface area contributed by atoms with Crippen molar-refractivity contribution in [3.8, 4) is 6.07 Å². The monoisotopic (exact) mass is 359 g/mol. The number of carbonyl (C=O) groups is 1. The molecule has 0 bridgehead atoms. The molecule has 0 aromatic heterocycles. The first-order valence-electron chi connectivity index (χ1n) is 7.46. The van der Waals surface area contributed by atoms with Crippen LogP contribution >= 0.6 is 0 Å². The number of nitrogens with zero attached hydrogens (tertiary/aromatic N) is 1. The van der Waals surface area contributed by atoms with Crippen molar-refractivity contribution in [3.63, 3.8) is 0 Å². The van der Waals surface area contributed by atoms with Crippen LogP contribution < -0.4 is 0 Å². The fraction of sp³-hybridized carbons (Fsp3) is 0.222. The SMILES string of the molecule is Cc1ccc(S(=O)(=O)[C@@H]2[C@@H](c3cccc(F)c3)[C@@]2(C#N)C(=O)O)cc1. The molecule has 1 aliphatic rings. The smallest absolute Gasteiger partial charge is 0.326 e. The molecule has 0 amide bonds. The number of aryl methyl sites for hydroxylation is 1. The lowest BCUT2D eigenvalue weighted by Gasteiger charge is -2.05. The van der Waals surface area contributed by atoms with Gasteiger partial charge in [-0.3, -0.25) is 4.79 Å². The summed E-state index contributed by atoms with van der Waals surface area (Å²) in [4.78, 5) is 11.7. The summed E-state index contributed by atoms with van der Waals surface area (Å²) in [6, 6.07) is 12.7. The lowest BCUT2D eigenvalue weighted by Crippen LogP contribution is -2.22. The maximum atomic E-state index is 13.5. The topological polar surface area (TPSA) is 95.2 Å². The van der Waals surface area contributed by atoms with Crippen LogP contribution in [0.3, 0.4) is 0 Å². The van der Waals surface area contributed by atoms with Crippen LogP contribution in [0.5, 0.6) is 0 Å². The molecule has 0 saturated heterocycles. The lowest BCUT2D eigenvalue weighted by molar-refractivity contribution is -0.141. The second-order valence-electron chi connectivity index (χ2n) is 6.10. The van der Waals surface area contributed by atoms with E-state index in [0.29, 0.717) is 0 Å². The van der Waals surface area contributed by atoms with E-state index >= 15 is 0 Å². The predicted octanol–water partition coefficient (Wildman–Crippen LogP) is 2.67. The Morgan fingerprint density at radius 2 is 1.88 bits per heavy atom. The van der Waals surface area contributed by atoms with Crippen LogP contribution in [0.15, 0.2) is 53.4 Å². The van der Waals surface area contributed by atoms with Crippen molar-refractivity contribution in [2.24, 2.45) is 5.41 Å². The normalized spacial score (nSPS) is 25.2. The van der Waals surface area contributed by atoms with Gasteiger partial charge in [-0.2, -0.15) is 5.26 Å². The highest BCUT2D eigenvalue weighted by Gasteiger charge is 2.77. The lowest BCUT2D eigenvalue weighted by atomic mass is 10.0. The fourth-order valence-electron chi connectivity index (χ4n) is 3.23. The summed E-state index contributed by atoms with van der Waals surface area (Å²) in [5.41, 5.74) is -1.09. The van der Waals surface area contributed by atoms with Gasteiger partial charge in [0.25, 0.3) is 0 Å². The Morgan fingerprint density at radius 1 is 1.24 bits per heavy atom. The molecule has 128 valence electrons. The van der Waals surface area contributed by atoms with Crippen molar-refractivity contribution in [2.75, 3.05) is 0 Å². The standard InChI is InChI=1S/C18H14FNO4S/c1-11-5-7-14(8-6-11)25(23,24)16-15(18(16,10-20)17(21)22)12-3-2-4-13(19)9-12/h2-9,15-16H,1H3,(H,21,22)/t15-,16-,18-/m1/s1. The number of benzene rings is 2. The van der Waals surface area contributed by atoms with Crippen LogP contribution in [0, 0.1) is 29.5 Å². The maximum Gasteiger partial charge on any atom is 0.326 e. The van der Waals surface area contributed by atoms with Gasteiger partial charge < -0.3 is 5.11 Å².